The van der Waals surface area contributed by atoms with Gasteiger partial charge in [0.1, 0.15) is 5.82 Å². The molecule has 0 saturated carbocycles. The van der Waals surface area contributed by atoms with E-state index in [2.05, 4.69) is 38.8 Å². The lowest BCUT2D eigenvalue weighted by Gasteiger charge is -2.33. The Morgan fingerprint density at radius 2 is 1.82 bits per heavy atom. The van der Waals surface area contributed by atoms with Crippen LogP contribution < -0.4 is 0 Å². The number of aryl methyl sites for hydroxylation is 1. The van der Waals surface area contributed by atoms with E-state index in [9.17, 15) is 8.78 Å². The van der Waals surface area contributed by atoms with Crippen molar-refractivity contribution in [2.24, 2.45) is 7.05 Å². The van der Waals surface area contributed by atoms with Gasteiger partial charge in [-0.3, -0.25) is 9.88 Å². The van der Waals surface area contributed by atoms with Crippen LogP contribution in [-0.4, -0.2) is 45.0 Å². The number of fused-ring (bicyclic) bond motifs is 1. The molecule has 0 aliphatic carbocycles. The average molecular weight is 384 g/mol. The highest BCUT2D eigenvalue weighted by Crippen LogP contribution is 2.31. The number of hydrogen-bond donors (Lipinski definition) is 0. The molecule has 1 aliphatic heterocycles. The average Bonchev–Trinajstić information content (AvgIpc) is 2.99. The first-order valence-electron chi connectivity index (χ1n) is 9.79. The lowest BCUT2D eigenvalue weighted by Crippen LogP contribution is -2.40. The van der Waals surface area contributed by atoms with Crippen molar-refractivity contribution in [2.75, 3.05) is 19.6 Å². The number of nitrogens with zero attached hydrogens (tertiary/aromatic N) is 4. The fourth-order valence-electron chi connectivity index (χ4n) is 4.09. The zero-order valence-electron chi connectivity index (χ0n) is 16.6. The molecule has 0 spiro atoms. The van der Waals surface area contributed by atoms with Gasteiger partial charge < -0.3 is 4.57 Å². The lowest BCUT2D eigenvalue weighted by atomic mass is 9.91. The SMILES string of the molecule is Cc1ncc(-c2ccc3cnc(C4CCN(CC(C)(F)F)CC4)cc3c2)n1C. The molecule has 0 atom stereocenters. The second-order valence-corrected chi connectivity index (χ2v) is 8.04. The van der Waals surface area contributed by atoms with Crippen LogP contribution in [0.5, 0.6) is 0 Å². The summed E-state index contributed by atoms with van der Waals surface area (Å²) in [6.07, 6.45) is 5.57. The Labute approximate surface area is 164 Å². The predicted octanol–water partition coefficient (Wildman–Crippen LogP) is 4.78. The van der Waals surface area contributed by atoms with Crippen LogP contribution in [0, 0.1) is 6.92 Å². The van der Waals surface area contributed by atoms with Gasteiger partial charge in [0, 0.05) is 42.7 Å². The minimum atomic E-state index is -2.63. The van der Waals surface area contributed by atoms with Gasteiger partial charge in [0.2, 0.25) is 0 Å². The second-order valence-electron chi connectivity index (χ2n) is 8.04. The minimum Gasteiger partial charge on any atom is -0.331 e. The van der Waals surface area contributed by atoms with Crippen LogP contribution >= 0.6 is 0 Å². The van der Waals surface area contributed by atoms with Gasteiger partial charge >= 0.3 is 0 Å². The van der Waals surface area contributed by atoms with Crippen LogP contribution in [-0.2, 0) is 7.05 Å². The molecule has 6 heteroatoms. The lowest BCUT2D eigenvalue weighted by molar-refractivity contribution is -0.0200. The Morgan fingerprint density at radius 3 is 2.46 bits per heavy atom. The fraction of sp³-hybridized carbons (Fsp3) is 0.455. The van der Waals surface area contributed by atoms with Crippen LogP contribution in [0.25, 0.3) is 22.0 Å². The van der Waals surface area contributed by atoms with Gasteiger partial charge in [-0.1, -0.05) is 12.1 Å². The largest absolute Gasteiger partial charge is 0.331 e. The number of benzene rings is 1. The maximum Gasteiger partial charge on any atom is 0.257 e. The number of aromatic nitrogens is 3. The Morgan fingerprint density at radius 1 is 1.07 bits per heavy atom. The van der Waals surface area contributed by atoms with E-state index in [1.165, 1.54) is 0 Å². The highest BCUT2D eigenvalue weighted by molar-refractivity contribution is 5.86. The van der Waals surface area contributed by atoms with Crippen molar-refractivity contribution in [3.63, 3.8) is 0 Å². The maximum absolute atomic E-state index is 13.2. The molecule has 0 bridgehead atoms. The van der Waals surface area contributed by atoms with E-state index >= 15 is 0 Å². The third-order valence-electron chi connectivity index (χ3n) is 5.77. The summed E-state index contributed by atoms with van der Waals surface area (Å²) >= 11 is 0. The maximum atomic E-state index is 13.2. The smallest absolute Gasteiger partial charge is 0.257 e. The van der Waals surface area contributed by atoms with E-state index in [4.69, 9.17) is 0 Å². The summed E-state index contributed by atoms with van der Waals surface area (Å²) in [6.45, 7) is 4.22. The number of pyridine rings is 1. The van der Waals surface area contributed by atoms with Gasteiger partial charge in [0.05, 0.1) is 18.4 Å². The molecular weight excluding hydrogens is 358 g/mol. The monoisotopic (exact) mass is 384 g/mol. The van der Waals surface area contributed by atoms with Crippen LogP contribution in [0.3, 0.4) is 0 Å². The second kappa shape index (κ2) is 7.24. The quantitative estimate of drug-likeness (QED) is 0.649. The number of halogens is 2. The Kier molecular flexibility index (Phi) is 4.91. The Balaban J connectivity index is 1.55. The van der Waals surface area contributed by atoms with Crippen molar-refractivity contribution in [3.8, 4) is 11.3 Å². The van der Waals surface area contributed by atoms with Crippen molar-refractivity contribution in [1.29, 1.82) is 0 Å². The zero-order chi connectivity index (χ0) is 19.9. The first kappa shape index (κ1) is 19.0. The van der Waals surface area contributed by atoms with Gasteiger partial charge in [-0.05, 0) is 50.4 Å². The van der Waals surface area contributed by atoms with E-state index in [1.54, 1.807) is 0 Å². The van der Waals surface area contributed by atoms with E-state index in [-0.39, 0.29) is 6.54 Å². The molecule has 1 fully saturated rings. The van der Waals surface area contributed by atoms with Crippen molar-refractivity contribution >= 4 is 10.8 Å². The van der Waals surface area contributed by atoms with E-state index in [1.807, 2.05) is 31.3 Å². The zero-order valence-corrected chi connectivity index (χ0v) is 16.6. The molecular formula is C22H26F2N4. The number of rotatable bonds is 4. The summed E-state index contributed by atoms with van der Waals surface area (Å²) in [7, 11) is 2.02. The standard InChI is InChI=1S/C22H26F2N4/c1-15-25-13-21(27(15)3)17-4-5-18-12-26-20(11-19(18)10-17)16-6-8-28(9-7-16)14-22(2,23)24/h4-5,10-13,16H,6-9,14H2,1-3H3. The minimum absolute atomic E-state index is 0.154. The molecule has 3 aromatic rings. The molecule has 0 unspecified atom stereocenters. The van der Waals surface area contributed by atoms with Crippen LogP contribution in [0.15, 0.2) is 36.7 Å². The van der Waals surface area contributed by atoms with Gasteiger partial charge in [0.15, 0.2) is 0 Å². The third-order valence-corrected chi connectivity index (χ3v) is 5.77. The van der Waals surface area contributed by atoms with E-state index in [0.29, 0.717) is 19.0 Å². The van der Waals surface area contributed by atoms with Crippen molar-refractivity contribution < 1.29 is 8.78 Å². The fourth-order valence-corrected chi connectivity index (χ4v) is 4.09. The molecule has 0 radical (unpaired) electrons. The van der Waals surface area contributed by atoms with E-state index < -0.39 is 5.92 Å². The van der Waals surface area contributed by atoms with Gasteiger partial charge in [0.25, 0.3) is 5.92 Å². The van der Waals surface area contributed by atoms with Crippen LogP contribution in [0.2, 0.25) is 0 Å². The highest BCUT2D eigenvalue weighted by atomic mass is 19.3. The Bertz CT molecular complexity index is 982. The summed E-state index contributed by atoms with van der Waals surface area (Å²) in [5.74, 6) is -1.32. The number of imidazole rings is 1. The Hall–Kier alpha value is -2.34. The molecule has 0 N–H and O–H groups in total. The van der Waals surface area contributed by atoms with Crippen LogP contribution in [0.4, 0.5) is 8.78 Å². The normalized spacial score (nSPS) is 16.8. The summed E-state index contributed by atoms with van der Waals surface area (Å²) in [5.41, 5.74) is 3.29. The topological polar surface area (TPSA) is 34.0 Å². The molecule has 148 valence electrons. The molecule has 1 aliphatic rings. The molecule has 1 aromatic carbocycles. The van der Waals surface area contributed by atoms with Crippen LogP contribution in [0.1, 0.15) is 37.2 Å². The number of alkyl halides is 2. The van der Waals surface area contributed by atoms with Crippen molar-refractivity contribution in [2.45, 2.75) is 38.5 Å². The van der Waals surface area contributed by atoms with Crippen molar-refractivity contribution in [3.05, 3.63) is 48.2 Å². The summed E-state index contributed by atoms with van der Waals surface area (Å²) in [4.78, 5) is 10.9. The molecule has 0 amide bonds. The van der Waals surface area contributed by atoms with E-state index in [0.717, 1.165) is 53.3 Å². The summed E-state index contributed by atoms with van der Waals surface area (Å²) < 4.78 is 28.6. The highest BCUT2D eigenvalue weighted by Gasteiger charge is 2.29. The number of piperidine rings is 1. The molecule has 2 aromatic heterocycles. The van der Waals surface area contributed by atoms with Gasteiger partial charge in [-0.25, -0.2) is 13.8 Å². The van der Waals surface area contributed by atoms with Gasteiger partial charge in [-0.15, -0.1) is 0 Å². The first-order valence-corrected chi connectivity index (χ1v) is 9.79. The molecule has 1 saturated heterocycles. The van der Waals surface area contributed by atoms with Crippen molar-refractivity contribution in [1.82, 2.24) is 19.4 Å². The third kappa shape index (κ3) is 3.92. The predicted molar refractivity (Wildman–Crippen MR) is 108 cm³/mol. The molecule has 3 heterocycles. The first-order chi connectivity index (χ1) is 13.3. The number of likely N-dealkylation sites (tertiary alicyclic amines) is 1. The summed E-state index contributed by atoms with van der Waals surface area (Å²) in [6, 6.07) is 8.54. The molecule has 4 nitrogen and oxygen atoms in total. The summed E-state index contributed by atoms with van der Waals surface area (Å²) in [5, 5.41) is 2.26. The van der Waals surface area contributed by atoms with Gasteiger partial charge in [-0.2, -0.15) is 0 Å². The molecule has 28 heavy (non-hydrogen) atoms. The number of hydrogen-bond acceptors (Lipinski definition) is 3. The molecule has 4 rings (SSSR count).